The van der Waals surface area contributed by atoms with Gasteiger partial charge < -0.3 is 9.72 Å². The summed E-state index contributed by atoms with van der Waals surface area (Å²) in [7, 11) is 0. The molecule has 0 radical (unpaired) electrons. The first-order valence-corrected chi connectivity index (χ1v) is 6.26. The van der Waals surface area contributed by atoms with E-state index >= 15 is 0 Å². The highest BCUT2D eigenvalue weighted by molar-refractivity contribution is 6.31. The molecular formula is C13H15ClN2O. The van der Waals surface area contributed by atoms with Crippen molar-refractivity contribution in [3.05, 3.63) is 35.0 Å². The van der Waals surface area contributed by atoms with Crippen molar-refractivity contribution in [2.24, 2.45) is 0 Å². The molecule has 2 aromatic rings. The van der Waals surface area contributed by atoms with E-state index in [1.165, 1.54) is 11.1 Å². The first-order valence-electron chi connectivity index (χ1n) is 5.88. The number of benzene rings is 1. The van der Waals surface area contributed by atoms with E-state index < -0.39 is 0 Å². The van der Waals surface area contributed by atoms with E-state index in [9.17, 15) is 0 Å². The fraction of sp³-hybridized carbons (Fsp3) is 0.385. The van der Waals surface area contributed by atoms with Crippen LogP contribution in [-0.4, -0.2) is 36.2 Å². The van der Waals surface area contributed by atoms with Gasteiger partial charge in [0.2, 0.25) is 0 Å². The maximum absolute atomic E-state index is 5.98. The summed E-state index contributed by atoms with van der Waals surface area (Å²) in [6.07, 6.45) is 0. The second-order valence-corrected chi connectivity index (χ2v) is 4.85. The molecule has 1 aliphatic heterocycles. The van der Waals surface area contributed by atoms with Gasteiger partial charge in [0.25, 0.3) is 0 Å². The number of hydrogen-bond donors (Lipinski definition) is 1. The highest BCUT2D eigenvalue weighted by atomic mass is 35.5. The molecule has 1 aliphatic rings. The Morgan fingerprint density at radius 3 is 2.88 bits per heavy atom. The van der Waals surface area contributed by atoms with E-state index in [1.54, 1.807) is 0 Å². The van der Waals surface area contributed by atoms with Gasteiger partial charge >= 0.3 is 0 Å². The van der Waals surface area contributed by atoms with Crippen molar-refractivity contribution in [2.75, 3.05) is 26.3 Å². The number of aromatic nitrogens is 1. The standard InChI is InChI=1S/C13H15ClN2O/c14-11-1-2-13-10(7-11)8-12(15-13)9-16-3-5-17-6-4-16/h1-2,7-8,15H,3-6,9H2. The monoisotopic (exact) mass is 250 g/mol. The first kappa shape index (κ1) is 11.1. The largest absolute Gasteiger partial charge is 0.379 e. The minimum Gasteiger partial charge on any atom is -0.379 e. The Bertz CT molecular complexity index is 517. The molecule has 0 atom stereocenters. The lowest BCUT2D eigenvalue weighted by Gasteiger charge is -2.25. The maximum Gasteiger partial charge on any atom is 0.0594 e. The van der Waals surface area contributed by atoms with Crippen molar-refractivity contribution in [1.82, 2.24) is 9.88 Å². The first-order chi connectivity index (χ1) is 8.31. The van der Waals surface area contributed by atoms with Crippen LogP contribution in [0, 0.1) is 0 Å². The molecule has 0 amide bonds. The fourth-order valence-electron chi connectivity index (χ4n) is 2.25. The van der Waals surface area contributed by atoms with Gasteiger partial charge in [0, 0.05) is 41.3 Å². The smallest absolute Gasteiger partial charge is 0.0594 e. The van der Waals surface area contributed by atoms with Gasteiger partial charge in [-0.3, -0.25) is 4.90 Å². The zero-order valence-electron chi connectivity index (χ0n) is 9.58. The molecule has 1 aromatic heterocycles. The molecular weight excluding hydrogens is 236 g/mol. The van der Waals surface area contributed by atoms with Crippen LogP contribution in [0.4, 0.5) is 0 Å². The Morgan fingerprint density at radius 1 is 1.24 bits per heavy atom. The Morgan fingerprint density at radius 2 is 2.06 bits per heavy atom. The lowest BCUT2D eigenvalue weighted by molar-refractivity contribution is 0.0337. The molecule has 4 heteroatoms. The molecule has 0 bridgehead atoms. The average Bonchev–Trinajstić information content (AvgIpc) is 2.71. The number of hydrogen-bond acceptors (Lipinski definition) is 2. The van der Waals surface area contributed by atoms with Crippen molar-refractivity contribution in [1.29, 1.82) is 0 Å². The van der Waals surface area contributed by atoms with E-state index in [0.29, 0.717) is 0 Å². The van der Waals surface area contributed by atoms with Gasteiger partial charge in [0.05, 0.1) is 13.2 Å². The third-order valence-corrected chi connectivity index (χ3v) is 3.37. The summed E-state index contributed by atoms with van der Waals surface area (Å²) >= 11 is 5.98. The number of halogens is 1. The van der Waals surface area contributed by atoms with E-state index in [4.69, 9.17) is 16.3 Å². The zero-order valence-corrected chi connectivity index (χ0v) is 10.3. The fourth-order valence-corrected chi connectivity index (χ4v) is 2.43. The molecule has 2 heterocycles. The molecule has 3 nitrogen and oxygen atoms in total. The molecule has 0 aliphatic carbocycles. The number of nitrogens with zero attached hydrogens (tertiary/aromatic N) is 1. The van der Waals surface area contributed by atoms with Crippen molar-refractivity contribution < 1.29 is 4.74 Å². The van der Waals surface area contributed by atoms with Gasteiger partial charge in [-0.15, -0.1) is 0 Å². The average molecular weight is 251 g/mol. The molecule has 1 saturated heterocycles. The predicted octanol–water partition coefficient (Wildman–Crippen LogP) is 2.65. The summed E-state index contributed by atoms with van der Waals surface area (Å²) in [6, 6.07) is 8.12. The number of fused-ring (bicyclic) bond motifs is 1. The van der Waals surface area contributed by atoms with Crippen LogP contribution in [0.2, 0.25) is 5.02 Å². The summed E-state index contributed by atoms with van der Waals surface area (Å²) in [5.41, 5.74) is 2.39. The summed E-state index contributed by atoms with van der Waals surface area (Å²) in [5.74, 6) is 0. The summed E-state index contributed by atoms with van der Waals surface area (Å²) in [5, 5.41) is 1.97. The van der Waals surface area contributed by atoms with Gasteiger partial charge in [0.15, 0.2) is 0 Å². The van der Waals surface area contributed by atoms with E-state index in [2.05, 4.69) is 16.0 Å². The van der Waals surface area contributed by atoms with Crippen LogP contribution in [0.1, 0.15) is 5.69 Å². The van der Waals surface area contributed by atoms with E-state index in [1.807, 2.05) is 18.2 Å². The number of H-pyrrole nitrogens is 1. The minimum atomic E-state index is 0.787. The van der Waals surface area contributed by atoms with Crippen LogP contribution in [0.3, 0.4) is 0 Å². The Kier molecular flexibility index (Phi) is 3.05. The normalized spacial score (nSPS) is 17.7. The highest BCUT2D eigenvalue weighted by Gasteiger charge is 2.11. The third-order valence-electron chi connectivity index (χ3n) is 3.14. The molecule has 0 spiro atoms. The van der Waals surface area contributed by atoms with Gasteiger partial charge in [-0.2, -0.15) is 0 Å². The second kappa shape index (κ2) is 4.69. The van der Waals surface area contributed by atoms with Crippen molar-refractivity contribution in [3.8, 4) is 0 Å². The molecule has 0 saturated carbocycles. The number of rotatable bonds is 2. The van der Waals surface area contributed by atoms with Crippen LogP contribution in [0.5, 0.6) is 0 Å². The molecule has 1 fully saturated rings. The van der Waals surface area contributed by atoms with Gasteiger partial charge in [0.1, 0.15) is 0 Å². The quantitative estimate of drug-likeness (QED) is 0.888. The SMILES string of the molecule is Clc1ccc2[nH]c(CN3CCOCC3)cc2c1. The maximum atomic E-state index is 5.98. The van der Waals surface area contributed by atoms with Crippen LogP contribution >= 0.6 is 11.6 Å². The van der Waals surface area contributed by atoms with Crippen LogP contribution in [0.25, 0.3) is 10.9 Å². The topological polar surface area (TPSA) is 28.3 Å². The number of ether oxygens (including phenoxy) is 1. The van der Waals surface area contributed by atoms with Gasteiger partial charge in [-0.05, 0) is 24.3 Å². The lowest BCUT2D eigenvalue weighted by Crippen LogP contribution is -2.35. The Balaban J connectivity index is 1.80. The molecule has 1 aromatic carbocycles. The number of aromatic amines is 1. The van der Waals surface area contributed by atoms with Crippen molar-refractivity contribution in [3.63, 3.8) is 0 Å². The third kappa shape index (κ3) is 2.46. The Labute approximate surface area is 105 Å². The van der Waals surface area contributed by atoms with Gasteiger partial charge in [-0.25, -0.2) is 0 Å². The van der Waals surface area contributed by atoms with Crippen molar-refractivity contribution in [2.45, 2.75) is 6.54 Å². The van der Waals surface area contributed by atoms with Crippen LogP contribution < -0.4 is 0 Å². The zero-order chi connectivity index (χ0) is 11.7. The van der Waals surface area contributed by atoms with E-state index in [-0.39, 0.29) is 0 Å². The highest BCUT2D eigenvalue weighted by Crippen LogP contribution is 2.20. The van der Waals surface area contributed by atoms with E-state index in [0.717, 1.165) is 43.4 Å². The molecule has 90 valence electrons. The summed E-state index contributed by atoms with van der Waals surface area (Å²) < 4.78 is 5.34. The summed E-state index contributed by atoms with van der Waals surface area (Å²) in [6.45, 7) is 4.65. The van der Waals surface area contributed by atoms with Crippen molar-refractivity contribution >= 4 is 22.5 Å². The minimum absolute atomic E-state index is 0.787. The second-order valence-electron chi connectivity index (χ2n) is 4.41. The molecule has 1 N–H and O–H groups in total. The van der Waals surface area contributed by atoms with Gasteiger partial charge in [-0.1, -0.05) is 11.6 Å². The summed E-state index contributed by atoms with van der Waals surface area (Å²) in [4.78, 5) is 5.83. The molecule has 0 unspecified atom stereocenters. The van der Waals surface area contributed by atoms with Crippen LogP contribution in [-0.2, 0) is 11.3 Å². The van der Waals surface area contributed by atoms with Crippen LogP contribution in [0.15, 0.2) is 24.3 Å². The molecule has 17 heavy (non-hydrogen) atoms. The lowest BCUT2D eigenvalue weighted by atomic mass is 10.2. The molecule has 3 rings (SSSR count). The number of nitrogens with one attached hydrogen (secondary N) is 1. The Hall–Kier alpha value is -1.03. The predicted molar refractivity (Wildman–Crippen MR) is 69.4 cm³/mol. The number of morpholine rings is 1.